The van der Waals surface area contributed by atoms with Gasteiger partial charge < -0.3 is 10.2 Å². The van der Waals surface area contributed by atoms with Gasteiger partial charge in [0.2, 0.25) is 11.8 Å². The van der Waals surface area contributed by atoms with Crippen LogP contribution in [0.15, 0.2) is 0 Å². The highest BCUT2D eigenvalue weighted by atomic mass is 16.2. The largest absolute Gasteiger partial charge is 0.355 e. The first kappa shape index (κ1) is 18.4. The lowest BCUT2D eigenvalue weighted by molar-refractivity contribution is -0.130. The minimum Gasteiger partial charge on any atom is -0.355 e. The molecule has 0 aromatic rings. The third-order valence-corrected chi connectivity index (χ3v) is 2.81. The predicted octanol–water partition coefficient (Wildman–Crippen LogP) is 0.453. The molecule has 0 aliphatic heterocycles. The van der Waals surface area contributed by atoms with Crippen molar-refractivity contribution in [2.45, 2.75) is 26.7 Å². The number of nitrogens with zero attached hydrogens (tertiary/aromatic N) is 3. The zero-order valence-electron chi connectivity index (χ0n) is 13.0. The number of amides is 2. The van der Waals surface area contributed by atoms with E-state index in [-0.39, 0.29) is 11.8 Å². The maximum absolute atomic E-state index is 11.7. The molecule has 0 aromatic heterocycles. The van der Waals surface area contributed by atoms with Crippen molar-refractivity contribution in [3.05, 3.63) is 0 Å². The third kappa shape index (κ3) is 9.34. The fourth-order valence-corrected chi connectivity index (χ4v) is 1.52. The van der Waals surface area contributed by atoms with Gasteiger partial charge in [-0.25, -0.2) is 0 Å². The topological polar surface area (TPSA) is 76.4 Å². The van der Waals surface area contributed by atoms with E-state index in [4.69, 9.17) is 5.26 Å². The van der Waals surface area contributed by atoms with Gasteiger partial charge in [0.25, 0.3) is 0 Å². The Hall–Kier alpha value is -1.61. The molecule has 0 rings (SSSR count). The number of nitrogens with one attached hydrogen (secondary N) is 1. The van der Waals surface area contributed by atoms with E-state index in [9.17, 15) is 9.59 Å². The number of hydrogen-bond donors (Lipinski definition) is 1. The molecule has 0 heterocycles. The Balaban J connectivity index is 3.87. The van der Waals surface area contributed by atoms with Gasteiger partial charge in [0, 0.05) is 33.1 Å². The lowest BCUT2D eigenvalue weighted by Gasteiger charge is -2.19. The summed E-state index contributed by atoms with van der Waals surface area (Å²) in [5, 5.41) is 11.3. The fraction of sp³-hybridized carbons (Fsp3) is 0.786. The van der Waals surface area contributed by atoms with E-state index in [1.54, 1.807) is 11.9 Å². The summed E-state index contributed by atoms with van der Waals surface area (Å²) >= 11 is 0. The van der Waals surface area contributed by atoms with Gasteiger partial charge in [-0.3, -0.25) is 14.5 Å². The summed E-state index contributed by atoms with van der Waals surface area (Å²) in [5.41, 5.74) is 0. The molecule has 0 radical (unpaired) electrons. The van der Waals surface area contributed by atoms with Crippen LogP contribution in [0.1, 0.15) is 26.7 Å². The smallest absolute Gasteiger partial charge is 0.234 e. The summed E-state index contributed by atoms with van der Waals surface area (Å²) in [6.07, 6.45) is 0.700. The van der Waals surface area contributed by atoms with Crippen molar-refractivity contribution in [2.24, 2.45) is 5.92 Å². The monoisotopic (exact) mass is 282 g/mol. The molecule has 0 atom stereocenters. The average molecular weight is 282 g/mol. The van der Waals surface area contributed by atoms with E-state index in [1.165, 1.54) is 0 Å². The Kier molecular flexibility index (Phi) is 9.39. The highest BCUT2D eigenvalue weighted by Crippen LogP contribution is 1.95. The number of carbonyl (C=O) groups excluding carboxylic acids is 2. The Morgan fingerprint density at radius 2 is 1.90 bits per heavy atom. The second-order valence-electron chi connectivity index (χ2n) is 5.41. The van der Waals surface area contributed by atoms with Gasteiger partial charge in [-0.05, 0) is 13.0 Å². The lowest BCUT2D eigenvalue weighted by atomic mass is 10.2. The zero-order chi connectivity index (χ0) is 15.5. The first-order valence-electron chi connectivity index (χ1n) is 6.93. The first-order chi connectivity index (χ1) is 9.36. The summed E-state index contributed by atoms with van der Waals surface area (Å²) in [4.78, 5) is 26.7. The number of likely N-dealkylation sites (N-methyl/N-ethyl adjacent to an activating group) is 1. The molecule has 0 aromatic carbocycles. The van der Waals surface area contributed by atoms with Crippen LogP contribution in [-0.4, -0.2) is 61.9 Å². The summed E-state index contributed by atoms with van der Waals surface area (Å²) in [7, 11) is 3.51. The standard InChI is InChI=1S/C14H26N4O2/c1-12(2)10-16-13(19)11-17(3)9-6-14(20)18(4)8-5-7-15/h12H,5-6,8-11H2,1-4H3,(H,16,19). The molecule has 2 amide bonds. The first-order valence-corrected chi connectivity index (χ1v) is 6.93. The minimum absolute atomic E-state index is 0.00492. The van der Waals surface area contributed by atoms with Crippen LogP contribution in [0.25, 0.3) is 0 Å². The fourth-order valence-electron chi connectivity index (χ4n) is 1.52. The van der Waals surface area contributed by atoms with Gasteiger partial charge in [0.15, 0.2) is 0 Å². The Labute approximate surface area is 121 Å². The van der Waals surface area contributed by atoms with Crippen molar-refractivity contribution in [3.8, 4) is 6.07 Å². The summed E-state index contributed by atoms with van der Waals surface area (Å²) < 4.78 is 0. The lowest BCUT2D eigenvalue weighted by Crippen LogP contribution is -2.38. The molecule has 0 saturated carbocycles. The second kappa shape index (κ2) is 10.2. The SMILES string of the molecule is CC(C)CNC(=O)CN(C)CCC(=O)N(C)CCC#N. The van der Waals surface area contributed by atoms with Crippen LogP contribution in [0.4, 0.5) is 0 Å². The van der Waals surface area contributed by atoms with Crippen molar-refractivity contribution >= 4 is 11.8 Å². The highest BCUT2D eigenvalue weighted by Gasteiger charge is 2.11. The van der Waals surface area contributed by atoms with Crippen LogP contribution in [0.2, 0.25) is 0 Å². The van der Waals surface area contributed by atoms with Crippen molar-refractivity contribution in [1.82, 2.24) is 15.1 Å². The molecule has 0 spiro atoms. The molecule has 1 N–H and O–H groups in total. The average Bonchev–Trinajstić information content (AvgIpc) is 2.39. The van der Waals surface area contributed by atoms with Gasteiger partial charge in [-0.2, -0.15) is 5.26 Å². The van der Waals surface area contributed by atoms with E-state index in [0.29, 0.717) is 44.9 Å². The molecular formula is C14H26N4O2. The zero-order valence-corrected chi connectivity index (χ0v) is 13.0. The Morgan fingerprint density at radius 1 is 1.25 bits per heavy atom. The van der Waals surface area contributed by atoms with Gasteiger partial charge in [0.05, 0.1) is 19.0 Å². The molecular weight excluding hydrogens is 256 g/mol. The van der Waals surface area contributed by atoms with Crippen molar-refractivity contribution < 1.29 is 9.59 Å². The molecule has 0 unspecified atom stereocenters. The maximum atomic E-state index is 11.7. The summed E-state index contributed by atoms with van der Waals surface area (Å²) in [6.45, 7) is 6.03. The van der Waals surface area contributed by atoms with E-state index in [2.05, 4.69) is 5.32 Å². The van der Waals surface area contributed by atoms with Crippen LogP contribution in [0, 0.1) is 17.2 Å². The molecule has 20 heavy (non-hydrogen) atoms. The molecule has 114 valence electrons. The third-order valence-electron chi connectivity index (χ3n) is 2.81. The van der Waals surface area contributed by atoms with Crippen molar-refractivity contribution in [3.63, 3.8) is 0 Å². The number of rotatable bonds is 9. The maximum Gasteiger partial charge on any atom is 0.234 e. The molecule has 0 aliphatic carbocycles. The van der Waals surface area contributed by atoms with Crippen molar-refractivity contribution in [2.75, 3.05) is 40.3 Å². The van der Waals surface area contributed by atoms with Crippen LogP contribution in [-0.2, 0) is 9.59 Å². The van der Waals surface area contributed by atoms with E-state index >= 15 is 0 Å². The number of nitriles is 1. The van der Waals surface area contributed by atoms with Gasteiger partial charge in [-0.1, -0.05) is 13.8 Å². The quantitative estimate of drug-likeness (QED) is 0.666. The van der Waals surface area contributed by atoms with Gasteiger partial charge in [0.1, 0.15) is 0 Å². The number of carbonyl (C=O) groups is 2. The van der Waals surface area contributed by atoms with Crippen LogP contribution in [0.3, 0.4) is 0 Å². The highest BCUT2D eigenvalue weighted by molar-refractivity contribution is 5.78. The minimum atomic E-state index is -0.0218. The number of hydrogen-bond acceptors (Lipinski definition) is 4. The van der Waals surface area contributed by atoms with Crippen LogP contribution >= 0.6 is 0 Å². The normalized spacial score (nSPS) is 10.4. The summed E-state index contributed by atoms with van der Waals surface area (Å²) in [5.74, 6) is 0.404. The van der Waals surface area contributed by atoms with E-state index in [1.807, 2.05) is 31.9 Å². The molecule has 0 aliphatic rings. The summed E-state index contributed by atoms with van der Waals surface area (Å²) in [6, 6.07) is 2.01. The molecule has 0 saturated heterocycles. The molecule has 0 fully saturated rings. The van der Waals surface area contributed by atoms with Gasteiger partial charge in [-0.15, -0.1) is 0 Å². The van der Waals surface area contributed by atoms with Crippen LogP contribution < -0.4 is 5.32 Å². The van der Waals surface area contributed by atoms with E-state index < -0.39 is 0 Å². The van der Waals surface area contributed by atoms with E-state index in [0.717, 1.165) is 0 Å². The van der Waals surface area contributed by atoms with Crippen molar-refractivity contribution in [1.29, 1.82) is 5.26 Å². The van der Waals surface area contributed by atoms with Gasteiger partial charge >= 0.3 is 0 Å². The van der Waals surface area contributed by atoms with Crippen LogP contribution in [0.5, 0.6) is 0 Å². The molecule has 6 heteroatoms. The Bertz CT molecular complexity index is 350. The predicted molar refractivity (Wildman–Crippen MR) is 77.8 cm³/mol. The second-order valence-corrected chi connectivity index (χ2v) is 5.41. The Morgan fingerprint density at radius 3 is 2.45 bits per heavy atom. The molecule has 6 nitrogen and oxygen atoms in total. The molecule has 0 bridgehead atoms.